The number of nitrogens with one attached hydrogen (secondary N) is 2. The van der Waals surface area contributed by atoms with E-state index >= 15 is 0 Å². The summed E-state index contributed by atoms with van der Waals surface area (Å²) in [7, 11) is -2.94. The summed E-state index contributed by atoms with van der Waals surface area (Å²) in [5, 5.41) is 2.61. The Morgan fingerprint density at radius 1 is 0.846 bits per heavy atom. The summed E-state index contributed by atoms with van der Waals surface area (Å²) < 4.78 is 41.0. The van der Waals surface area contributed by atoms with Gasteiger partial charge < -0.3 is 42.1 Å². The normalized spacial score (nSPS) is 13.3. The third kappa shape index (κ3) is 11.4. The molecule has 0 fully saturated rings. The predicted molar refractivity (Wildman–Crippen MR) is 187 cm³/mol. The van der Waals surface area contributed by atoms with Crippen molar-refractivity contribution in [3.63, 3.8) is 0 Å². The van der Waals surface area contributed by atoms with Crippen molar-refractivity contribution in [2.75, 3.05) is 33.0 Å². The van der Waals surface area contributed by atoms with Crippen molar-refractivity contribution in [3.05, 3.63) is 44.1 Å². The Morgan fingerprint density at radius 2 is 1.42 bits per heavy atom. The van der Waals surface area contributed by atoms with Gasteiger partial charge in [0.1, 0.15) is 6.61 Å². The molecule has 286 valence electrons. The molecular weight excluding hydrogens is 702 g/mol. The number of carbonyl (C=O) groups excluding carboxylic acids is 4. The molecule has 2 aliphatic rings. The van der Waals surface area contributed by atoms with Gasteiger partial charge in [-0.1, -0.05) is 0 Å². The number of alkyl carbamates (subject to hydrolysis) is 1. The monoisotopic (exact) mass is 749 g/mol. The maximum Gasteiger partial charge on any atom is 0.500 e. The molecule has 0 unspecified atom stereocenters. The number of aryl methyl sites for hydroxylation is 2. The minimum absolute atomic E-state index is 0.145. The van der Waals surface area contributed by atoms with E-state index < -0.39 is 69.0 Å². The first-order valence-corrected chi connectivity index (χ1v) is 18.8. The van der Waals surface area contributed by atoms with Crippen molar-refractivity contribution < 1.29 is 51.4 Å². The molecule has 0 radical (unpaired) electrons. The van der Waals surface area contributed by atoms with E-state index in [1.807, 2.05) is 34.6 Å². The van der Waals surface area contributed by atoms with Crippen LogP contribution in [0.15, 0.2) is 21.7 Å². The van der Waals surface area contributed by atoms with Crippen molar-refractivity contribution in [1.29, 1.82) is 0 Å². The van der Waals surface area contributed by atoms with E-state index in [0.29, 0.717) is 43.3 Å². The van der Waals surface area contributed by atoms with Crippen molar-refractivity contribution in [2.45, 2.75) is 92.7 Å². The number of aromatic amines is 1. The van der Waals surface area contributed by atoms with Gasteiger partial charge in [0.05, 0.1) is 17.6 Å². The fourth-order valence-electron chi connectivity index (χ4n) is 5.53. The summed E-state index contributed by atoms with van der Waals surface area (Å²) in [6.07, 6.45) is -4.93. The van der Waals surface area contributed by atoms with Gasteiger partial charge in [0.25, 0.3) is 5.56 Å². The molecule has 3 rings (SSSR count). The van der Waals surface area contributed by atoms with Crippen LogP contribution in [-0.4, -0.2) is 104 Å². The van der Waals surface area contributed by atoms with E-state index in [2.05, 4.69) is 20.3 Å². The number of carbonyl (C=O) groups is 4. The lowest BCUT2D eigenvalue weighted by atomic mass is 10.1. The summed E-state index contributed by atoms with van der Waals surface area (Å²) in [6, 6.07) is 3.91. The summed E-state index contributed by atoms with van der Waals surface area (Å²) in [5.74, 6) is -2.61. The maximum absolute atomic E-state index is 12.8. The van der Waals surface area contributed by atoms with E-state index in [1.165, 1.54) is 4.57 Å². The highest BCUT2D eigenvalue weighted by molar-refractivity contribution is 6.60. The van der Waals surface area contributed by atoms with E-state index in [4.69, 9.17) is 32.2 Å². The standard InChI is InChI=1S/C33H47N5O13Si/c1-9-46-52(47-10-2,48-11-3)14-12-13-34-33(44)45-18-27(50-22(7)40)29(51-23(8)41)26(49-21(6)39)17-38-25-16-20(5)19(4)15-24(25)35-28-30(38)36-32(43)37-31(28)42/h15-16,26-27,29H,9-14,17-18H2,1-8H3,(H,34,44)(H,37,42,43)/t26-,27+,29-/m0/s1. The first-order chi connectivity index (χ1) is 24.6. The second kappa shape index (κ2) is 19.2. The molecule has 2 N–H and O–H groups in total. The van der Waals surface area contributed by atoms with Crippen LogP contribution in [0.3, 0.4) is 0 Å². The molecule has 0 aromatic heterocycles. The Balaban J connectivity index is 1.95. The number of aromatic nitrogens is 4. The molecular formula is C33H47N5O13Si. The fraction of sp³-hybridized carbons (Fsp3) is 0.576. The zero-order chi connectivity index (χ0) is 38.6. The number of fused-ring (bicyclic) bond motifs is 2. The molecule has 52 heavy (non-hydrogen) atoms. The number of rotatable bonds is 19. The molecule has 2 aliphatic heterocycles. The molecule has 0 spiro atoms. The Kier molecular flexibility index (Phi) is 15.4. The van der Waals surface area contributed by atoms with Gasteiger partial charge in [-0.3, -0.25) is 24.2 Å². The Labute approximate surface area is 301 Å². The van der Waals surface area contributed by atoms with Gasteiger partial charge in [-0.2, -0.15) is 4.98 Å². The average Bonchev–Trinajstić information content (AvgIpc) is 3.05. The van der Waals surface area contributed by atoms with Crippen LogP contribution in [0.2, 0.25) is 6.04 Å². The molecule has 0 saturated heterocycles. The van der Waals surface area contributed by atoms with Crippen LogP contribution >= 0.6 is 0 Å². The maximum atomic E-state index is 12.8. The number of benzene rings is 1. The third-order valence-electron chi connectivity index (χ3n) is 7.66. The van der Waals surface area contributed by atoms with Gasteiger partial charge in [-0.05, 0) is 64.3 Å². The van der Waals surface area contributed by atoms with Crippen LogP contribution in [0.1, 0.15) is 59.1 Å². The van der Waals surface area contributed by atoms with Gasteiger partial charge in [0, 0.05) is 53.2 Å². The molecule has 2 heterocycles. The van der Waals surface area contributed by atoms with Gasteiger partial charge in [-0.15, -0.1) is 0 Å². The Hall–Kier alpha value is -4.72. The van der Waals surface area contributed by atoms with Crippen molar-refractivity contribution >= 4 is 43.8 Å². The number of esters is 3. The number of nitrogens with zero attached hydrogens (tertiary/aromatic N) is 3. The van der Waals surface area contributed by atoms with Gasteiger partial charge in [-0.25, -0.2) is 14.6 Å². The molecule has 1 aromatic rings. The van der Waals surface area contributed by atoms with Crippen LogP contribution in [-0.2, 0) is 53.2 Å². The zero-order valence-corrected chi connectivity index (χ0v) is 31.7. The molecule has 1 amide bonds. The van der Waals surface area contributed by atoms with E-state index in [0.717, 1.165) is 31.9 Å². The van der Waals surface area contributed by atoms with Gasteiger partial charge >= 0.3 is 38.5 Å². The Bertz CT molecular complexity index is 1800. The average molecular weight is 750 g/mol. The highest BCUT2D eigenvalue weighted by Gasteiger charge is 2.41. The molecule has 19 heteroatoms. The molecule has 0 aliphatic carbocycles. The highest BCUT2D eigenvalue weighted by Crippen LogP contribution is 2.26. The highest BCUT2D eigenvalue weighted by atomic mass is 28.4. The van der Waals surface area contributed by atoms with Crippen LogP contribution < -0.4 is 16.6 Å². The minimum Gasteiger partial charge on any atom is -0.457 e. The van der Waals surface area contributed by atoms with E-state index in [-0.39, 0.29) is 24.6 Å². The van der Waals surface area contributed by atoms with Crippen molar-refractivity contribution in [2.24, 2.45) is 0 Å². The number of amides is 1. The van der Waals surface area contributed by atoms with Crippen LogP contribution in [0.5, 0.6) is 0 Å². The smallest absolute Gasteiger partial charge is 0.457 e. The second-order valence-corrected chi connectivity index (χ2v) is 14.4. The summed E-state index contributed by atoms with van der Waals surface area (Å²) >= 11 is 0. The largest absolute Gasteiger partial charge is 0.500 e. The van der Waals surface area contributed by atoms with E-state index in [1.54, 1.807) is 12.1 Å². The van der Waals surface area contributed by atoms with Crippen molar-refractivity contribution in [3.8, 4) is 11.5 Å². The lowest BCUT2D eigenvalue weighted by Crippen LogP contribution is -2.49. The molecule has 18 nitrogen and oxygen atoms in total. The van der Waals surface area contributed by atoms with Crippen LogP contribution in [0.25, 0.3) is 22.6 Å². The lowest BCUT2D eigenvalue weighted by Gasteiger charge is -2.33. The molecule has 0 saturated carbocycles. The number of hydrogen-bond acceptors (Lipinski definition) is 15. The fourth-order valence-corrected chi connectivity index (χ4v) is 8.15. The summed E-state index contributed by atoms with van der Waals surface area (Å²) in [5.41, 5.74) is 0.507. The molecule has 3 atom stereocenters. The number of hydrogen-bond donors (Lipinski definition) is 2. The zero-order valence-electron chi connectivity index (χ0n) is 30.7. The summed E-state index contributed by atoms with van der Waals surface area (Å²) in [4.78, 5) is 85.8. The van der Waals surface area contributed by atoms with Crippen LogP contribution in [0.4, 0.5) is 4.79 Å². The van der Waals surface area contributed by atoms with Crippen molar-refractivity contribution in [1.82, 2.24) is 24.8 Å². The topological polar surface area (TPSA) is 226 Å². The number of H-pyrrole nitrogens is 1. The van der Waals surface area contributed by atoms with E-state index in [9.17, 15) is 28.8 Å². The minimum atomic E-state index is -2.94. The summed E-state index contributed by atoms with van der Waals surface area (Å²) in [6.45, 7) is 12.9. The van der Waals surface area contributed by atoms with Gasteiger partial charge in [0.2, 0.25) is 0 Å². The first kappa shape index (κ1) is 41.7. The third-order valence-corrected chi connectivity index (χ3v) is 10.8. The lowest BCUT2D eigenvalue weighted by molar-refractivity contribution is -0.187. The number of ether oxygens (including phenoxy) is 4. The first-order valence-electron chi connectivity index (χ1n) is 16.9. The molecule has 0 bridgehead atoms. The Morgan fingerprint density at radius 3 is 2.00 bits per heavy atom. The second-order valence-electron chi connectivity index (χ2n) is 11.7. The SMILES string of the molecule is CCO[Si](CCCNC(=O)OC[C@@H](OC(C)=O)[C@@H](OC(C)=O)[C@H](Cn1c2nc(=O)[nH]c(=O)c-2nc2cc(C)c(C)cc21)OC(C)=O)(OCC)OCC. The van der Waals surface area contributed by atoms with Crippen LogP contribution in [0, 0.1) is 13.8 Å². The molecule has 1 aromatic carbocycles. The predicted octanol–water partition coefficient (Wildman–Crippen LogP) is 2.16. The van der Waals surface area contributed by atoms with Gasteiger partial charge in [0.15, 0.2) is 29.8 Å². The quantitative estimate of drug-likeness (QED) is 0.0589.